The Kier molecular flexibility index (Phi) is 4.19. The number of benzene rings is 2. The van der Waals surface area contributed by atoms with Crippen molar-refractivity contribution < 1.29 is 22.4 Å². The lowest BCUT2D eigenvalue weighted by molar-refractivity contribution is -0.116. The fourth-order valence-electron chi connectivity index (χ4n) is 2.84. The van der Waals surface area contributed by atoms with Gasteiger partial charge in [-0.05, 0) is 17.7 Å². The van der Waals surface area contributed by atoms with Crippen molar-refractivity contribution in [3.63, 3.8) is 0 Å². The van der Waals surface area contributed by atoms with Crippen LogP contribution in [0.3, 0.4) is 0 Å². The third-order valence-corrected chi connectivity index (χ3v) is 3.97. The molecule has 134 valence electrons. The molecule has 8 heteroatoms. The molecular weight excluding hydrogens is 350 g/mol. The lowest BCUT2D eigenvalue weighted by atomic mass is 9.87. The molecule has 1 unspecified atom stereocenters. The first-order chi connectivity index (χ1) is 12.3. The van der Waals surface area contributed by atoms with Crippen molar-refractivity contribution in [1.29, 1.82) is 0 Å². The molecule has 0 saturated carbocycles. The number of hydrogen-bond acceptors (Lipinski definition) is 3. The minimum atomic E-state index is -3.20. The van der Waals surface area contributed by atoms with Gasteiger partial charge in [0.15, 0.2) is 0 Å². The number of nitrogens with one attached hydrogen (secondary N) is 1. The van der Waals surface area contributed by atoms with Gasteiger partial charge in [-0.2, -0.15) is 0 Å². The summed E-state index contributed by atoms with van der Waals surface area (Å²) >= 11 is 0. The summed E-state index contributed by atoms with van der Waals surface area (Å²) in [6.07, 6.45) is 0. The summed E-state index contributed by atoms with van der Waals surface area (Å²) in [5.74, 6) is -8.75. The summed E-state index contributed by atoms with van der Waals surface area (Å²) in [4.78, 5) is 11.8. The number of carbonyl (C=O) groups is 1. The van der Waals surface area contributed by atoms with Gasteiger partial charge < -0.3 is 16.8 Å². The monoisotopic (exact) mass is 363 g/mol. The molecule has 0 saturated heterocycles. The standard InChI is InChI=1S/C18H13F4N3O/c19-10-6-7-11(12(20)8-10)18(22)14(17(24)26)15(21)13(16(23)25-18)9-4-2-1-3-5-9/h1-8,25H,23H2,(H2,24,26). The minimum Gasteiger partial charge on any atom is -0.385 e. The maximum Gasteiger partial charge on any atom is 0.253 e. The number of halogens is 4. The van der Waals surface area contributed by atoms with Crippen molar-refractivity contribution in [2.45, 2.75) is 5.79 Å². The number of amides is 1. The van der Waals surface area contributed by atoms with Crippen LogP contribution in [0, 0.1) is 11.6 Å². The zero-order chi connectivity index (χ0) is 19.1. The predicted octanol–water partition coefficient (Wildman–Crippen LogP) is 2.73. The van der Waals surface area contributed by atoms with Crippen molar-refractivity contribution in [1.82, 2.24) is 5.32 Å². The highest BCUT2D eigenvalue weighted by atomic mass is 19.2. The molecule has 2 aromatic carbocycles. The molecule has 0 aliphatic carbocycles. The summed E-state index contributed by atoms with van der Waals surface area (Å²) in [6, 6.07) is 9.74. The van der Waals surface area contributed by atoms with Gasteiger partial charge in [0.1, 0.15) is 28.9 Å². The number of alkyl halides is 1. The van der Waals surface area contributed by atoms with Crippen LogP contribution in [0.1, 0.15) is 11.1 Å². The first-order valence-corrected chi connectivity index (χ1v) is 7.44. The normalized spacial score (nSPS) is 20.2. The Hall–Kier alpha value is -3.29. The third-order valence-electron chi connectivity index (χ3n) is 3.97. The van der Waals surface area contributed by atoms with Crippen LogP contribution in [-0.4, -0.2) is 5.91 Å². The molecule has 4 nitrogen and oxygen atoms in total. The van der Waals surface area contributed by atoms with E-state index in [4.69, 9.17) is 11.5 Å². The minimum absolute atomic E-state index is 0.260. The van der Waals surface area contributed by atoms with E-state index in [0.717, 1.165) is 12.1 Å². The Morgan fingerprint density at radius 2 is 1.69 bits per heavy atom. The summed E-state index contributed by atoms with van der Waals surface area (Å²) in [6.45, 7) is 0. The molecule has 0 radical (unpaired) electrons. The number of hydrogen-bond donors (Lipinski definition) is 3. The molecule has 1 aliphatic heterocycles. The van der Waals surface area contributed by atoms with E-state index < -0.39 is 46.1 Å². The Labute approximate surface area is 145 Å². The second-order valence-electron chi connectivity index (χ2n) is 5.62. The lowest BCUT2D eigenvalue weighted by Gasteiger charge is -2.34. The molecule has 3 rings (SSSR count). The van der Waals surface area contributed by atoms with E-state index in [1.165, 1.54) is 12.1 Å². The van der Waals surface area contributed by atoms with Crippen LogP contribution >= 0.6 is 0 Å². The second kappa shape index (κ2) is 6.21. The maximum atomic E-state index is 15.6. The van der Waals surface area contributed by atoms with Gasteiger partial charge in [-0.1, -0.05) is 30.3 Å². The van der Waals surface area contributed by atoms with E-state index in [2.05, 4.69) is 5.32 Å². The molecule has 0 aromatic heterocycles. The van der Waals surface area contributed by atoms with Crippen LogP contribution in [0.5, 0.6) is 0 Å². The van der Waals surface area contributed by atoms with Gasteiger partial charge in [0.2, 0.25) is 5.79 Å². The maximum absolute atomic E-state index is 15.6. The number of carbonyl (C=O) groups excluding carboxylic acids is 1. The first-order valence-electron chi connectivity index (χ1n) is 7.44. The third kappa shape index (κ3) is 2.69. The van der Waals surface area contributed by atoms with Gasteiger partial charge in [-0.3, -0.25) is 4.79 Å². The molecular formula is C18H13F4N3O. The second-order valence-corrected chi connectivity index (χ2v) is 5.62. The Morgan fingerprint density at radius 1 is 1.04 bits per heavy atom. The van der Waals surface area contributed by atoms with Gasteiger partial charge in [0, 0.05) is 6.07 Å². The van der Waals surface area contributed by atoms with E-state index in [9.17, 15) is 13.6 Å². The lowest BCUT2D eigenvalue weighted by Crippen LogP contribution is -2.49. The topological polar surface area (TPSA) is 81.1 Å². The molecule has 26 heavy (non-hydrogen) atoms. The molecule has 0 fully saturated rings. The number of nitrogens with two attached hydrogens (primary N) is 2. The Morgan fingerprint density at radius 3 is 2.27 bits per heavy atom. The van der Waals surface area contributed by atoms with Crippen LogP contribution in [0.25, 0.3) is 5.57 Å². The summed E-state index contributed by atoms with van der Waals surface area (Å²) in [7, 11) is 0. The van der Waals surface area contributed by atoms with E-state index in [0.29, 0.717) is 6.07 Å². The summed E-state index contributed by atoms with van der Waals surface area (Å²) in [5, 5.41) is 2.11. The van der Waals surface area contributed by atoms with Crippen LogP contribution in [0.15, 0.2) is 65.8 Å². The fraction of sp³-hybridized carbons (Fsp3) is 0.0556. The average Bonchev–Trinajstić information content (AvgIpc) is 2.54. The van der Waals surface area contributed by atoms with Crippen molar-refractivity contribution >= 4 is 11.5 Å². The van der Waals surface area contributed by atoms with Gasteiger partial charge in [-0.15, -0.1) is 0 Å². The van der Waals surface area contributed by atoms with Crippen molar-refractivity contribution in [3.05, 3.63) is 88.5 Å². The molecule has 1 amide bonds. The van der Waals surface area contributed by atoms with E-state index in [-0.39, 0.29) is 11.1 Å². The zero-order valence-corrected chi connectivity index (χ0v) is 13.2. The fourth-order valence-corrected chi connectivity index (χ4v) is 2.84. The van der Waals surface area contributed by atoms with Gasteiger partial charge in [0.25, 0.3) is 5.91 Å². The van der Waals surface area contributed by atoms with Gasteiger partial charge in [0.05, 0.1) is 11.1 Å². The first kappa shape index (κ1) is 17.5. The van der Waals surface area contributed by atoms with Crippen molar-refractivity contribution in [2.24, 2.45) is 11.5 Å². The number of primary amides is 1. The largest absolute Gasteiger partial charge is 0.385 e. The molecule has 0 spiro atoms. The molecule has 1 atom stereocenters. The predicted molar refractivity (Wildman–Crippen MR) is 87.2 cm³/mol. The Bertz CT molecular complexity index is 956. The van der Waals surface area contributed by atoms with E-state index in [1.54, 1.807) is 18.2 Å². The zero-order valence-electron chi connectivity index (χ0n) is 13.2. The van der Waals surface area contributed by atoms with Crippen molar-refractivity contribution in [2.75, 3.05) is 0 Å². The molecule has 0 bridgehead atoms. The molecule has 1 aliphatic rings. The highest BCUT2D eigenvalue weighted by molar-refractivity contribution is 6.00. The Balaban J connectivity index is 2.25. The molecule has 5 N–H and O–H groups in total. The van der Waals surface area contributed by atoms with E-state index in [1.807, 2.05) is 0 Å². The quantitative estimate of drug-likeness (QED) is 0.579. The summed E-state index contributed by atoms with van der Waals surface area (Å²) < 4.78 is 57.9. The van der Waals surface area contributed by atoms with Crippen LogP contribution in [-0.2, 0) is 10.6 Å². The highest BCUT2D eigenvalue weighted by Crippen LogP contribution is 2.43. The van der Waals surface area contributed by atoms with Crippen LogP contribution in [0.2, 0.25) is 0 Å². The molecule has 1 heterocycles. The number of dihydropyridines is 1. The van der Waals surface area contributed by atoms with Crippen LogP contribution < -0.4 is 16.8 Å². The smallest absolute Gasteiger partial charge is 0.253 e. The molecule has 2 aromatic rings. The average molecular weight is 363 g/mol. The van der Waals surface area contributed by atoms with Crippen LogP contribution in [0.4, 0.5) is 17.6 Å². The summed E-state index contributed by atoms with van der Waals surface area (Å²) in [5.41, 5.74) is 8.92. The number of rotatable bonds is 3. The number of allylic oxidation sites excluding steroid dienone is 2. The van der Waals surface area contributed by atoms with Gasteiger partial charge in [-0.25, -0.2) is 17.6 Å². The van der Waals surface area contributed by atoms with Crippen molar-refractivity contribution in [3.8, 4) is 0 Å². The highest BCUT2D eigenvalue weighted by Gasteiger charge is 2.48. The van der Waals surface area contributed by atoms with E-state index >= 15 is 8.78 Å². The SMILES string of the molecule is NC(=O)C1=C(F)C(c2ccccc2)=C(N)NC1(F)c1ccc(F)cc1F. The van der Waals surface area contributed by atoms with Gasteiger partial charge >= 0.3 is 0 Å².